The van der Waals surface area contributed by atoms with E-state index in [1.807, 2.05) is 66.7 Å². The van der Waals surface area contributed by atoms with E-state index in [1.165, 1.54) is 0 Å². The van der Waals surface area contributed by atoms with Crippen LogP contribution in [-0.4, -0.2) is 52.9 Å². The number of likely N-dealkylation sites (N-methyl/N-ethyl adjacent to an activating group) is 1. The molecule has 4 rings (SSSR count). The van der Waals surface area contributed by atoms with Crippen LogP contribution >= 0.6 is 0 Å². The van der Waals surface area contributed by atoms with E-state index in [0.29, 0.717) is 38.0 Å². The molecule has 166 valence electrons. The Morgan fingerprint density at radius 1 is 1.06 bits per heavy atom. The van der Waals surface area contributed by atoms with Crippen LogP contribution in [0.4, 0.5) is 0 Å². The molecule has 0 spiro atoms. The summed E-state index contributed by atoms with van der Waals surface area (Å²) in [5.74, 6) is 0.548. The van der Waals surface area contributed by atoms with Crippen LogP contribution in [0.1, 0.15) is 30.6 Å². The highest BCUT2D eigenvalue weighted by Crippen LogP contribution is 2.36. The molecule has 6 heteroatoms. The van der Waals surface area contributed by atoms with Gasteiger partial charge in [-0.25, -0.2) is 0 Å². The van der Waals surface area contributed by atoms with Gasteiger partial charge < -0.3 is 14.3 Å². The summed E-state index contributed by atoms with van der Waals surface area (Å²) in [6.45, 7) is 0.576. The monoisotopic (exact) mass is 431 g/mol. The zero-order valence-electron chi connectivity index (χ0n) is 18.7. The summed E-state index contributed by atoms with van der Waals surface area (Å²) in [5.41, 5.74) is 1.86. The van der Waals surface area contributed by atoms with Gasteiger partial charge in [-0.3, -0.25) is 9.59 Å². The number of hydrogen-bond acceptors (Lipinski definition) is 4. The third-order valence-electron chi connectivity index (χ3n) is 6.16. The van der Waals surface area contributed by atoms with E-state index in [2.05, 4.69) is 5.16 Å². The van der Waals surface area contributed by atoms with Gasteiger partial charge in [0, 0.05) is 45.1 Å². The molecule has 0 bridgehead atoms. The van der Waals surface area contributed by atoms with E-state index in [9.17, 15) is 9.59 Å². The second-order valence-electron chi connectivity index (χ2n) is 8.59. The Kier molecular flexibility index (Phi) is 6.40. The second kappa shape index (κ2) is 9.39. The average Bonchev–Trinajstić information content (AvgIpc) is 3.46. The van der Waals surface area contributed by atoms with Crippen LogP contribution in [-0.2, 0) is 22.4 Å². The quantitative estimate of drug-likeness (QED) is 0.568. The summed E-state index contributed by atoms with van der Waals surface area (Å²) in [6.07, 6.45) is 2.75. The van der Waals surface area contributed by atoms with Crippen molar-refractivity contribution in [3.05, 3.63) is 78.1 Å². The molecule has 0 saturated carbocycles. The molecule has 32 heavy (non-hydrogen) atoms. The number of likely N-dealkylation sites (tertiary alicyclic amines) is 1. The summed E-state index contributed by atoms with van der Waals surface area (Å²) >= 11 is 0. The van der Waals surface area contributed by atoms with Crippen LogP contribution in [0.3, 0.4) is 0 Å². The first kappa shape index (κ1) is 21.8. The van der Waals surface area contributed by atoms with E-state index in [1.54, 1.807) is 23.9 Å². The number of amides is 2. The van der Waals surface area contributed by atoms with E-state index in [0.717, 1.165) is 23.2 Å². The Hall–Kier alpha value is -3.41. The first-order valence-corrected chi connectivity index (χ1v) is 11.1. The average molecular weight is 432 g/mol. The van der Waals surface area contributed by atoms with E-state index < -0.39 is 5.54 Å². The third-order valence-corrected chi connectivity index (χ3v) is 6.16. The summed E-state index contributed by atoms with van der Waals surface area (Å²) < 4.78 is 5.63. The minimum Gasteiger partial charge on any atom is -0.361 e. The van der Waals surface area contributed by atoms with E-state index in [4.69, 9.17) is 4.52 Å². The molecule has 1 aromatic heterocycles. The van der Waals surface area contributed by atoms with Gasteiger partial charge in [0.25, 0.3) is 0 Å². The van der Waals surface area contributed by atoms with Crippen molar-refractivity contribution in [3.8, 4) is 11.3 Å². The Labute approximate surface area is 188 Å². The molecule has 1 unspecified atom stereocenters. The number of carbonyl (C=O) groups is 2. The lowest BCUT2D eigenvalue weighted by Crippen LogP contribution is -2.58. The van der Waals surface area contributed by atoms with Crippen molar-refractivity contribution in [1.29, 1.82) is 0 Å². The molecule has 1 fully saturated rings. The molecular formula is C26H29N3O3. The maximum Gasteiger partial charge on any atom is 0.248 e. The molecule has 1 atom stereocenters. The Balaban J connectivity index is 1.57. The van der Waals surface area contributed by atoms with Gasteiger partial charge in [0.15, 0.2) is 0 Å². The van der Waals surface area contributed by atoms with Gasteiger partial charge in [-0.15, -0.1) is 0 Å². The summed E-state index contributed by atoms with van der Waals surface area (Å²) in [4.78, 5) is 30.1. The predicted molar refractivity (Wildman–Crippen MR) is 123 cm³/mol. The SMILES string of the molecule is CN(C)C(=O)C1(Cc2cc(-c3ccccc3)no2)CCCN1C(=O)CCc1ccccc1. The fraction of sp³-hybridized carbons (Fsp3) is 0.346. The van der Waals surface area contributed by atoms with Crippen molar-refractivity contribution in [1.82, 2.24) is 15.0 Å². The van der Waals surface area contributed by atoms with Crippen LogP contribution in [0.2, 0.25) is 0 Å². The topological polar surface area (TPSA) is 66.7 Å². The van der Waals surface area contributed by atoms with E-state index >= 15 is 0 Å². The van der Waals surface area contributed by atoms with Gasteiger partial charge in [0.2, 0.25) is 11.8 Å². The van der Waals surface area contributed by atoms with Crippen LogP contribution in [0.5, 0.6) is 0 Å². The fourth-order valence-electron chi connectivity index (χ4n) is 4.60. The van der Waals surface area contributed by atoms with Gasteiger partial charge in [0.1, 0.15) is 17.0 Å². The molecule has 0 aliphatic carbocycles. The lowest BCUT2D eigenvalue weighted by atomic mass is 9.88. The molecule has 2 aromatic carbocycles. The largest absolute Gasteiger partial charge is 0.361 e. The minimum atomic E-state index is -0.940. The summed E-state index contributed by atoms with van der Waals surface area (Å²) in [7, 11) is 3.48. The Bertz CT molecular complexity index is 1060. The van der Waals surface area contributed by atoms with Crippen LogP contribution in [0.25, 0.3) is 11.3 Å². The van der Waals surface area contributed by atoms with Gasteiger partial charge in [-0.05, 0) is 24.8 Å². The molecule has 1 saturated heterocycles. The molecule has 0 N–H and O–H groups in total. The van der Waals surface area contributed by atoms with Crippen molar-refractivity contribution in [3.63, 3.8) is 0 Å². The fourth-order valence-corrected chi connectivity index (χ4v) is 4.60. The molecule has 2 amide bonds. The number of rotatable bonds is 7. The van der Waals surface area contributed by atoms with E-state index in [-0.39, 0.29) is 11.8 Å². The molecule has 3 aromatic rings. The van der Waals surface area contributed by atoms with Gasteiger partial charge in [-0.2, -0.15) is 0 Å². The van der Waals surface area contributed by atoms with Crippen LogP contribution in [0, 0.1) is 0 Å². The number of carbonyl (C=O) groups excluding carboxylic acids is 2. The third kappa shape index (κ3) is 4.44. The van der Waals surface area contributed by atoms with Crippen molar-refractivity contribution >= 4 is 11.8 Å². The maximum absolute atomic E-state index is 13.4. The molecule has 1 aliphatic heterocycles. The smallest absolute Gasteiger partial charge is 0.248 e. The molecule has 2 heterocycles. The van der Waals surface area contributed by atoms with Crippen molar-refractivity contribution < 1.29 is 14.1 Å². The molecule has 6 nitrogen and oxygen atoms in total. The number of aromatic nitrogens is 1. The molecular weight excluding hydrogens is 402 g/mol. The first-order chi connectivity index (χ1) is 15.5. The number of hydrogen-bond donors (Lipinski definition) is 0. The number of benzene rings is 2. The highest BCUT2D eigenvalue weighted by molar-refractivity contribution is 5.92. The molecule has 1 aliphatic rings. The second-order valence-corrected chi connectivity index (χ2v) is 8.59. The van der Waals surface area contributed by atoms with Gasteiger partial charge in [-0.1, -0.05) is 65.8 Å². The highest BCUT2D eigenvalue weighted by atomic mass is 16.5. The standard InChI is InChI=1S/C26H29N3O3/c1-28(2)25(31)26(19-22-18-23(27-32-22)21-12-7-4-8-13-21)16-9-17-29(26)24(30)15-14-20-10-5-3-6-11-20/h3-8,10-13,18H,9,14-17,19H2,1-2H3. The van der Waals surface area contributed by atoms with Crippen LogP contribution < -0.4 is 0 Å². The van der Waals surface area contributed by atoms with Gasteiger partial charge in [0.05, 0.1) is 0 Å². The molecule has 0 radical (unpaired) electrons. The zero-order valence-corrected chi connectivity index (χ0v) is 18.7. The number of nitrogens with zero attached hydrogens (tertiary/aromatic N) is 3. The summed E-state index contributed by atoms with van der Waals surface area (Å²) in [6, 6.07) is 21.6. The lowest BCUT2D eigenvalue weighted by molar-refractivity contribution is -0.150. The summed E-state index contributed by atoms with van der Waals surface area (Å²) in [5, 5.41) is 4.21. The maximum atomic E-state index is 13.4. The number of aryl methyl sites for hydroxylation is 1. The Morgan fingerprint density at radius 2 is 1.75 bits per heavy atom. The lowest BCUT2D eigenvalue weighted by Gasteiger charge is -2.38. The highest BCUT2D eigenvalue weighted by Gasteiger charge is 2.50. The minimum absolute atomic E-state index is 0.00403. The van der Waals surface area contributed by atoms with Gasteiger partial charge >= 0.3 is 0 Å². The Morgan fingerprint density at radius 3 is 2.44 bits per heavy atom. The predicted octanol–water partition coefficient (Wildman–Crippen LogP) is 3.97. The first-order valence-electron chi connectivity index (χ1n) is 11.1. The normalized spacial score (nSPS) is 18.0. The van der Waals surface area contributed by atoms with Crippen LogP contribution in [0.15, 0.2) is 71.3 Å². The van der Waals surface area contributed by atoms with Crippen molar-refractivity contribution in [2.24, 2.45) is 0 Å². The van der Waals surface area contributed by atoms with Crippen molar-refractivity contribution in [2.75, 3.05) is 20.6 Å². The van der Waals surface area contributed by atoms with Crippen molar-refractivity contribution in [2.45, 2.75) is 37.6 Å². The zero-order chi connectivity index (χ0) is 22.6.